The van der Waals surface area contributed by atoms with Crippen molar-refractivity contribution in [1.29, 1.82) is 0 Å². The minimum atomic E-state index is -1.19. The Balaban J connectivity index is 2.74. The molecule has 1 rings (SSSR count). The van der Waals surface area contributed by atoms with Crippen LogP contribution in [0.2, 0.25) is 0 Å². The predicted molar refractivity (Wildman–Crippen MR) is 90.5 cm³/mol. The molecule has 1 aliphatic heterocycles. The molecular weight excluding hydrogens is 328 g/mol. The van der Waals surface area contributed by atoms with Gasteiger partial charge in [-0.25, -0.2) is 0 Å². The van der Waals surface area contributed by atoms with E-state index < -0.39 is 30.6 Å². The first-order valence-electron chi connectivity index (χ1n) is 9.26. The molecule has 4 atom stereocenters. The number of aliphatic hydroxyl groups excluding tert-OH is 2. The van der Waals surface area contributed by atoms with Crippen LogP contribution < -0.4 is 0 Å². The first kappa shape index (κ1) is 21.9. The summed E-state index contributed by atoms with van der Waals surface area (Å²) in [6, 6.07) is 0. The van der Waals surface area contributed by atoms with Gasteiger partial charge in [-0.3, -0.25) is 9.59 Å². The van der Waals surface area contributed by atoms with Gasteiger partial charge in [0.1, 0.15) is 12.7 Å². The zero-order valence-corrected chi connectivity index (χ0v) is 15.6. The first-order valence-corrected chi connectivity index (χ1v) is 9.26. The molecule has 25 heavy (non-hydrogen) atoms. The average Bonchev–Trinajstić information content (AvgIpc) is 2.57. The molecule has 1 heterocycles. The molecule has 0 unspecified atom stereocenters. The van der Waals surface area contributed by atoms with Crippen LogP contribution in [0, 0.1) is 11.8 Å². The Morgan fingerprint density at radius 2 is 1.52 bits per heavy atom. The van der Waals surface area contributed by atoms with Crippen LogP contribution in [0.5, 0.6) is 0 Å². The number of carbonyl (C=O) groups excluding carboxylic acids is 2. The Morgan fingerprint density at radius 1 is 1.00 bits per heavy atom. The molecule has 0 aromatic rings. The van der Waals surface area contributed by atoms with Gasteiger partial charge in [-0.05, 0) is 25.7 Å². The summed E-state index contributed by atoms with van der Waals surface area (Å²) in [4.78, 5) is 24.3. The fraction of sp³-hybridized carbons (Fsp3) is 0.889. The average molecular weight is 360 g/mol. The summed E-state index contributed by atoms with van der Waals surface area (Å²) in [6.45, 7) is 7.41. The minimum absolute atomic E-state index is 0.0577. The second-order valence-electron chi connectivity index (χ2n) is 6.49. The van der Waals surface area contributed by atoms with Crippen molar-refractivity contribution >= 4 is 11.9 Å². The van der Waals surface area contributed by atoms with E-state index in [0.29, 0.717) is 25.7 Å². The highest BCUT2D eigenvalue weighted by Gasteiger charge is 2.41. The largest absolute Gasteiger partial charge is 0.463 e. The highest BCUT2D eigenvalue weighted by atomic mass is 16.7. The summed E-state index contributed by atoms with van der Waals surface area (Å²) < 4.78 is 16.1. The van der Waals surface area contributed by atoms with E-state index in [1.807, 2.05) is 27.7 Å². The third kappa shape index (κ3) is 6.24. The third-order valence-corrected chi connectivity index (χ3v) is 4.80. The Morgan fingerprint density at radius 3 is 2.04 bits per heavy atom. The van der Waals surface area contributed by atoms with Crippen LogP contribution in [-0.4, -0.2) is 53.4 Å². The molecule has 146 valence electrons. The quantitative estimate of drug-likeness (QED) is 0.604. The van der Waals surface area contributed by atoms with E-state index in [1.54, 1.807) is 0 Å². The molecule has 1 fully saturated rings. The number of hydrogen-bond donors (Lipinski definition) is 2. The molecule has 7 heteroatoms. The SMILES string of the molecule is CCC(CC)C(=O)OC[C@H]1O[C@H](O)C[C@@H](O)[C@@H]1OC(=O)C(CC)CC. The van der Waals surface area contributed by atoms with Gasteiger partial charge in [0.05, 0.1) is 17.9 Å². The Labute approximate surface area is 149 Å². The number of esters is 2. The van der Waals surface area contributed by atoms with Gasteiger partial charge >= 0.3 is 11.9 Å². The molecule has 7 nitrogen and oxygen atoms in total. The molecule has 0 amide bonds. The maximum Gasteiger partial charge on any atom is 0.309 e. The molecule has 0 radical (unpaired) electrons. The van der Waals surface area contributed by atoms with Crippen molar-refractivity contribution in [2.24, 2.45) is 11.8 Å². The van der Waals surface area contributed by atoms with Crippen LogP contribution >= 0.6 is 0 Å². The van der Waals surface area contributed by atoms with E-state index in [9.17, 15) is 19.8 Å². The van der Waals surface area contributed by atoms with Crippen molar-refractivity contribution in [1.82, 2.24) is 0 Å². The Kier molecular flexibility index (Phi) is 9.38. The van der Waals surface area contributed by atoms with Crippen molar-refractivity contribution in [2.45, 2.75) is 84.4 Å². The molecular formula is C18H32O7. The van der Waals surface area contributed by atoms with Gasteiger partial charge in [0.25, 0.3) is 0 Å². The van der Waals surface area contributed by atoms with Gasteiger partial charge in [0.15, 0.2) is 12.4 Å². The molecule has 0 aliphatic carbocycles. The van der Waals surface area contributed by atoms with E-state index in [0.717, 1.165) is 0 Å². The highest BCUT2D eigenvalue weighted by molar-refractivity contribution is 5.73. The fourth-order valence-corrected chi connectivity index (χ4v) is 2.97. The van der Waals surface area contributed by atoms with Gasteiger partial charge < -0.3 is 24.4 Å². The van der Waals surface area contributed by atoms with E-state index in [1.165, 1.54) is 0 Å². The topological polar surface area (TPSA) is 102 Å². The van der Waals surface area contributed by atoms with E-state index in [2.05, 4.69) is 0 Å². The molecule has 0 bridgehead atoms. The zero-order valence-electron chi connectivity index (χ0n) is 15.6. The summed E-state index contributed by atoms with van der Waals surface area (Å²) >= 11 is 0. The van der Waals surface area contributed by atoms with Crippen LogP contribution in [0.3, 0.4) is 0 Å². The van der Waals surface area contributed by atoms with E-state index in [4.69, 9.17) is 14.2 Å². The van der Waals surface area contributed by atoms with Gasteiger partial charge in [-0.2, -0.15) is 0 Å². The fourth-order valence-electron chi connectivity index (χ4n) is 2.97. The number of ether oxygens (including phenoxy) is 3. The van der Waals surface area contributed by atoms with Crippen LogP contribution in [0.15, 0.2) is 0 Å². The van der Waals surface area contributed by atoms with Crippen LogP contribution in [-0.2, 0) is 23.8 Å². The second-order valence-corrected chi connectivity index (χ2v) is 6.49. The van der Waals surface area contributed by atoms with Crippen LogP contribution in [0.25, 0.3) is 0 Å². The lowest BCUT2D eigenvalue weighted by atomic mass is 10.00. The number of carbonyl (C=O) groups is 2. The van der Waals surface area contributed by atoms with Crippen molar-refractivity contribution in [3.63, 3.8) is 0 Å². The smallest absolute Gasteiger partial charge is 0.309 e. The van der Waals surface area contributed by atoms with Gasteiger partial charge in [0, 0.05) is 6.42 Å². The summed E-state index contributed by atoms with van der Waals surface area (Å²) in [7, 11) is 0. The van der Waals surface area contributed by atoms with Crippen LogP contribution in [0.1, 0.15) is 59.8 Å². The monoisotopic (exact) mass is 360 g/mol. The van der Waals surface area contributed by atoms with E-state index in [-0.39, 0.29) is 30.8 Å². The summed E-state index contributed by atoms with van der Waals surface area (Å²) in [5, 5.41) is 19.9. The number of hydrogen-bond acceptors (Lipinski definition) is 7. The van der Waals surface area contributed by atoms with Crippen molar-refractivity contribution in [2.75, 3.05) is 6.61 Å². The third-order valence-electron chi connectivity index (χ3n) is 4.80. The first-order chi connectivity index (χ1) is 11.9. The lowest BCUT2D eigenvalue weighted by molar-refractivity contribution is -0.250. The zero-order chi connectivity index (χ0) is 19.0. The summed E-state index contributed by atoms with van der Waals surface area (Å²) in [5.74, 6) is -1.23. The van der Waals surface area contributed by atoms with Crippen molar-refractivity contribution in [3.8, 4) is 0 Å². The molecule has 2 N–H and O–H groups in total. The predicted octanol–water partition coefficient (Wildman–Crippen LogP) is 1.78. The van der Waals surface area contributed by atoms with Gasteiger partial charge in [-0.1, -0.05) is 27.7 Å². The van der Waals surface area contributed by atoms with Crippen LogP contribution in [0.4, 0.5) is 0 Å². The standard InChI is InChI=1S/C18H32O7/c1-5-11(6-2)17(21)23-10-14-16(13(19)9-15(20)24-14)25-18(22)12(7-3)8-4/h11-16,19-20H,5-10H2,1-4H3/t13-,14-,15+,16+/m1/s1. The lowest BCUT2D eigenvalue weighted by Gasteiger charge is -2.37. The molecule has 0 spiro atoms. The van der Waals surface area contributed by atoms with E-state index >= 15 is 0 Å². The van der Waals surface area contributed by atoms with Gasteiger partial charge in [-0.15, -0.1) is 0 Å². The second kappa shape index (κ2) is 10.7. The molecule has 1 saturated heterocycles. The molecule has 0 aromatic heterocycles. The number of rotatable bonds is 9. The van der Waals surface area contributed by atoms with Crippen molar-refractivity contribution < 1.29 is 34.0 Å². The molecule has 0 aromatic carbocycles. The molecule has 1 aliphatic rings. The lowest BCUT2D eigenvalue weighted by Crippen LogP contribution is -2.53. The number of aliphatic hydroxyl groups is 2. The Hall–Kier alpha value is -1.18. The van der Waals surface area contributed by atoms with Gasteiger partial charge in [0.2, 0.25) is 0 Å². The summed E-state index contributed by atoms with van der Waals surface area (Å²) in [5.41, 5.74) is 0. The minimum Gasteiger partial charge on any atom is -0.463 e. The maximum atomic E-state index is 12.2. The maximum absolute atomic E-state index is 12.2. The Bertz CT molecular complexity index is 418. The normalized spacial score (nSPS) is 26.7. The van der Waals surface area contributed by atoms with Crippen molar-refractivity contribution in [3.05, 3.63) is 0 Å². The highest BCUT2D eigenvalue weighted by Crippen LogP contribution is 2.24. The summed E-state index contributed by atoms with van der Waals surface area (Å²) in [6.07, 6.45) is -1.57. The molecule has 0 saturated carbocycles.